The number of aromatic nitrogens is 1. The minimum atomic E-state index is 0.221. The van der Waals surface area contributed by atoms with Gasteiger partial charge in [-0.1, -0.05) is 0 Å². The molecule has 1 aromatic heterocycles. The molecule has 0 aliphatic heterocycles. The number of hydrogen-bond donors (Lipinski definition) is 2. The molecule has 0 aliphatic carbocycles. The first kappa shape index (κ1) is 12.0. The third-order valence-electron chi connectivity index (χ3n) is 2.12. The lowest BCUT2D eigenvalue weighted by Gasteiger charge is -2.23. The highest BCUT2D eigenvalue weighted by molar-refractivity contribution is 9.10. The minimum absolute atomic E-state index is 0.221. The molecule has 15 heavy (non-hydrogen) atoms. The Balaban J connectivity index is 2.74. The molecule has 0 saturated heterocycles. The highest BCUT2D eigenvalue weighted by atomic mass is 79.9. The van der Waals surface area contributed by atoms with E-state index in [0.717, 1.165) is 23.2 Å². The number of nitrogens with one attached hydrogen (secondary N) is 1. The first-order valence-electron chi connectivity index (χ1n) is 4.82. The van der Waals surface area contributed by atoms with Crippen LogP contribution in [0, 0.1) is 5.41 Å². The van der Waals surface area contributed by atoms with E-state index in [-0.39, 0.29) is 5.84 Å². The lowest BCUT2D eigenvalue weighted by atomic mass is 10.3. The van der Waals surface area contributed by atoms with Crippen molar-refractivity contribution in [2.45, 2.75) is 13.3 Å². The second-order valence-corrected chi connectivity index (χ2v) is 4.04. The summed E-state index contributed by atoms with van der Waals surface area (Å²) in [6.45, 7) is 3.72. The van der Waals surface area contributed by atoms with Gasteiger partial charge in [-0.15, -0.1) is 0 Å². The van der Waals surface area contributed by atoms with Crippen LogP contribution >= 0.6 is 15.9 Å². The largest absolute Gasteiger partial charge is 0.388 e. The van der Waals surface area contributed by atoms with Gasteiger partial charge in [0.25, 0.3) is 0 Å². The van der Waals surface area contributed by atoms with E-state index >= 15 is 0 Å². The van der Waals surface area contributed by atoms with Gasteiger partial charge in [0.2, 0.25) is 0 Å². The topological polar surface area (TPSA) is 66.0 Å². The van der Waals surface area contributed by atoms with Crippen molar-refractivity contribution >= 4 is 27.5 Å². The van der Waals surface area contributed by atoms with Gasteiger partial charge in [-0.2, -0.15) is 0 Å². The van der Waals surface area contributed by atoms with Crippen molar-refractivity contribution < 1.29 is 0 Å². The molecule has 0 unspecified atom stereocenters. The lowest BCUT2D eigenvalue weighted by molar-refractivity contribution is 0.828. The predicted octanol–water partition coefficient (Wildman–Crippen LogP) is 2.00. The normalized spacial score (nSPS) is 10.0. The molecule has 0 fully saturated rings. The van der Waals surface area contributed by atoms with Crippen molar-refractivity contribution in [1.29, 1.82) is 5.41 Å². The molecule has 0 atom stereocenters. The minimum Gasteiger partial charge on any atom is -0.388 e. The number of nitrogens with zero attached hydrogens (tertiary/aromatic N) is 2. The summed E-state index contributed by atoms with van der Waals surface area (Å²) in [5, 5.41) is 7.21. The van der Waals surface area contributed by atoms with Crippen LogP contribution in [0.3, 0.4) is 0 Å². The Labute approximate surface area is 98.1 Å². The van der Waals surface area contributed by atoms with Crippen LogP contribution in [0.5, 0.6) is 0 Å². The van der Waals surface area contributed by atoms with E-state index in [0.29, 0.717) is 6.42 Å². The Morgan fingerprint density at radius 1 is 1.67 bits per heavy atom. The number of nitrogens with two attached hydrogens (primary N) is 1. The fourth-order valence-electron chi connectivity index (χ4n) is 1.33. The smallest absolute Gasteiger partial charge is 0.0923 e. The Morgan fingerprint density at radius 3 is 2.93 bits per heavy atom. The average molecular weight is 271 g/mol. The van der Waals surface area contributed by atoms with Crippen molar-refractivity contribution in [3.05, 3.63) is 22.9 Å². The number of pyridine rings is 1. The van der Waals surface area contributed by atoms with E-state index in [4.69, 9.17) is 11.1 Å². The molecular weight excluding hydrogens is 256 g/mol. The maximum Gasteiger partial charge on any atom is 0.0923 e. The zero-order chi connectivity index (χ0) is 11.3. The van der Waals surface area contributed by atoms with Crippen LogP contribution in [0.25, 0.3) is 0 Å². The highest BCUT2D eigenvalue weighted by Crippen LogP contribution is 2.24. The molecule has 1 heterocycles. The Kier molecular flexibility index (Phi) is 4.55. The van der Waals surface area contributed by atoms with Gasteiger partial charge in [0.05, 0.1) is 16.0 Å². The van der Waals surface area contributed by atoms with Crippen molar-refractivity contribution in [3.63, 3.8) is 0 Å². The van der Waals surface area contributed by atoms with E-state index in [1.807, 2.05) is 6.07 Å². The molecule has 82 valence electrons. The van der Waals surface area contributed by atoms with Gasteiger partial charge >= 0.3 is 0 Å². The maximum atomic E-state index is 7.21. The van der Waals surface area contributed by atoms with Crippen molar-refractivity contribution in [2.24, 2.45) is 5.73 Å². The molecule has 3 N–H and O–H groups in total. The van der Waals surface area contributed by atoms with Crippen LogP contribution < -0.4 is 10.6 Å². The van der Waals surface area contributed by atoms with Crippen LogP contribution in [0.15, 0.2) is 22.9 Å². The van der Waals surface area contributed by atoms with E-state index in [9.17, 15) is 0 Å². The summed E-state index contributed by atoms with van der Waals surface area (Å²) in [6.07, 6.45) is 4.12. The van der Waals surface area contributed by atoms with Gasteiger partial charge in [-0.05, 0) is 28.9 Å². The highest BCUT2D eigenvalue weighted by Gasteiger charge is 2.07. The van der Waals surface area contributed by atoms with Crippen LogP contribution in [0.1, 0.15) is 13.3 Å². The number of amidine groups is 1. The second kappa shape index (κ2) is 5.70. The van der Waals surface area contributed by atoms with Gasteiger partial charge in [0, 0.05) is 31.9 Å². The van der Waals surface area contributed by atoms with E-state index < -0.39 is 0 Å². The van der Waals surface area contributed by atoms with Gasteiger partial charge in [0.1, 0.15) is 0 Å². The summed E-state index contributed by atoms with van der Waals surface area (Å²) >= 11 is 3.46. The summed E-state index contributed by atoms with van der Waals surface area (Å²) in [5.74, 6) is 0.221. The first-order chi connectivity index (χ1) is 7.15. The molecule has 0 radical (unpaired) electrons. The molecule has 0 aromatic carbocycles. The summed E-state index contributed by atoms with van der Waals surface area (Å²) in [4.78, 5) is 6.18. The Morgan fingerprint density at radius 2 is 2.40 bits per heavy atom. The summed E-state index contributed by atoms with van der Waals surface area (Å²) in [7, 11) is 0. The Hall–Kier alpha value is -1.10. The number of rotatable bonds is 5. The summed E-state index contributed by atoms with van der Waals surface area (Å²) in [6, 6.07) is 1.95. The third kappa shape index (κ3) is 3.51. The third-order valence-corrected chi connectivity index (χ3v) is 2.74. The molecule has 0 aliphatic rings. The molecule has 1 aromatic rings. The van der Waals surface area contributed by atoms with E-state index in [1.54, 1.807) is 12.4 Å². The predicted molar refractivity (Wildman–Crippen MR) is 66.4 cm³/mol. The van der Waals surface area contributed by atoms with E-state index in [1.165, 1.54) is 0 Å². The SMILES string of the molecule is CCN(CCC(=N)N)c1ccncc1Br. The second-order valence-electron chi connectivity index (χ2n) is 3.18. The molecule has 0 saturated carbocycles. The van der Waals surface area contributed by atoms with Crippen LogP contribution in [0.4, 0.5) is 5.69 Å². The lowest BCUT2D eigenvalue weighted by Crippen LogP contribution is -2.27. The van der Waals surface area contributed by atoms with Gasteiger partial charge in [-0.25, -0.2) is 0 Å². The zero-order valence-corrected chi connectivity index (χ0v) is 10.3. The monoisotopic (exact) mass is 270 g/mol. The van der Waals surface area contributed by atoms with E-state index in [2.05, 4.69) is 32.7 Å². The quantitative estimate of drug-likeness (QED) is 0.635. The average Bonchev–Trinajstić information content (AvgIpc) is 2.21. The van der Waals surface area contributed by atoms with Crippen molar-refractivity contribution in [1.82, 2.24) is 4.98 Å². The molecular formula is C10H15BrN4. The first-order valence-corrected chi connectivity index (χ1v) is 5.61. The molecule has 0 amide bonds. The van der Waals surface area contributed by atoms with Crippen LogP contribution in [-0.2, 0) is 0 Å². The summed E-state index contributed by atoms with van der Waals surface area (Å²) < 4.78 is 0.968. The summed E-state index contributed by atoms with van der Waals surface area (Å²) in [5.41, 5.74) is 6.44. The maximum absolute atomic E-state index is 7.21. The fourth-order valence-corrected chi connectivity index (χ4v) is 1.83. The molecule has 5 heteroatoms. The standard InChI is InChI=1S/C10H15BrN4/c1-2-15(6-4-10(12)13)9-3-5-14-7-8(9)11/h3,5,7H,2,4,6H2,1H3,(H3,12,13). The fraction of sp³-hybridized carbons (Fsp3) is 0.400. The number of halogens is 1. The molecule has 4 nitrogen and oxygen atoms in total. The number of hydrogen-bond acceptors (Lipinski definition) is 3. The van der Waals surface area contributed by atoms with Gasteiger partial charge in [0.15, 0.2) is 0 Å². The van der Waals surface area contributed by atoms with Crippen molar-refractivity contribution in [2.75, 3.05) is 18.0 Å². The molecule has 1 rings (SSSR count). The molecule has 0 spiro atoms. The van der Waals surface area contributed by atoms with Crippen LogP contribution in [0.2, 0.25) is 0 Å². The zero-order valence-electron chi connectivity index (χ0n) is 8.70. The molecule has 0 bridgehead atoms. The van der Waals surface area contributed by atoms with Crippen LogP contribution in [-0.4, -0.2) is 23.9 Å². The van der Waals surface area contributed by atoms with Gasteiger partial charge in [-0.3, -0.25) is 10.4 Å². The Bertz CT molecular complexity index is 340. The van der Waals surface area contributed by atoms with Crippen molar-refractivity contribution in [3.8, 4) is 0 Å². The number of anilines is 1. The van der Waals surface area contributed by atoms with Gasteiger partial charge < -0.3 is 10.6 Å².